The molecule has 5 heteroatoms. The molecule has 0 spiro atoms. The van der Waals surface area contributed by atoms with Crippen molar-refractivity contribution in [1.82, 2.24) is 5.32 Å². The minimum atomic E-state index is -1.24. The third kappa shape index (κ3) is 2.21. The third-order valence-electron chi connectivity index (χ3n) is 1.47. The van der Waals surface area contributed by atoms with Crippen molar-refractivity contribution in [1.29, 1.82) is 0 Å². The van der Waals surface area contributed by atoms with Crippen LogP contribution in [0, 0.1) is 17.5 Å². The molecular formula is C8H6F3NO. The van der Waals surface area contributed by atoms with E-state index in [1.54, 1.807) is 0 Å². The van der Waals surface area contributed by atoms with E-state index in [2.05, 4.69) is 5.32 Å². The van der Waals surface area contributed by atoms with Gasteiger partial charge in [-0.1, -0.05) is 0 Å². The maximum absolute atomic E-state index is 12.8. The van der Waals surface area contributed by atoms with E-state index in [-0.39, 0.29) is 12.1 Å². The molecule has 0 saturated carbocycles. The Morgan fingerprint density at radius 2 is 1.77 bits per heavy atom. The first-order valence-electron chi connectivity index (χ1n) is 3.45. The molecule has 1 amide bonds. The summed E-state index contributed by atoms with van der Waals surface area (Å²) in [6.07, 6.45) is 0.348. The van der Waals surface area contributed by atoms with Gasteiger partial charge < -0.3 is 5.32 Å². The van der Waals surface area contributed by atoms with Crippen molar-refractivity contribution in [3.8, 4) is 0 Å². The molecule has 0 aliphatic rings. The molecule has 1 aromatic carbocycles. The van der Waals surface area contributed by atoms with E-state index < -0.39 is 17.5 Å². The van der Waals surface area contributed by atoms with Crippen LogP contribution in [0.1, 0.15) is 5.56 Å². The first kappa shape index (κ1) is 9.57. The average molecular weight is 189 g/mol. The molecule has 0 fully saturated rings. The zero-order valence-corrected chi connectivity index (χ0v) is 6.48. The normalized spacial score (nSPS) is 9.77. The van der Waals surface area contributed by atoms with Gasteiger partial charge in [0.05, 0.1) is 0 Å². The zero-order valence-electron chi connectivity index (χ0n) is 6.48. The van der Waals surface area contributed by atoms with Crippen LogP contribution in [-0.4, -0.2) is 6.41 Å². The van der Waals surface area contributed by atoms with E-state index in [1.165, 1.54) is 0 Å². The molecule has 0 aromatic heterocycles. The van der Waals surface area contributed by atoms with Gasteiger partial charge in [-0.05, 0) is 6.07 Å². The van der Waals surface area contributed by atoms with E-state index in [0.717, 1.165) is 0 Å². The molecule has 2 nitrogen and oxygen atoms in total. The molecule has 1 aromatic rings. The second-order valence-electron chi connectivity index (χ2n) is 2.36. The lowest BCUT2D eigenvalue weighted by Crippen LogP contribution is -2.11. The minimum absolute atomic E-state index is 0.0917. The average Bonchev–Trinajstić information content (AvgIpc) is 2.09. The highest BCUT2D eigenvalue weighted by Gasteiger charge is 2.08. The number of hydrogen-bond acceptors (Lipinski definition) is 1. The number of amides is 1. The van der Waals surface area contributed by atoms with Crippen LogP contribution >= 0.6 is 0 Å². The van der Waals surface area contributed by atoms with Crippen LogP contribution in [0.4, 0.5) is 13.2 Å². The predicted octanol–water partition coefficient (Wildman–Crippen LogP) is 1.35. The van der Waals surface area contributed by atoms with Gasteiger partial charge in [-0.15, -0.1) is 0 Å². The van der Waals surface area contributed by atoms with E-state index >= 15 is 0 Å². The van der Waals surface area contributed by atoms with Crippen molar-refractivity contribution in [2.45, 2.75) is 6.54 Å². The smallest absolute Gasteiger partial charge is 0.207 e. The van der Waals surface area contributed by atoms with Crippen LogP contribution < -0.4 is 5.32 Å². The largest absolute Gasteiger partial charge is 0.354 e. The first-order valence-corrected chi connectivity index (χ1v) is 3.45. The number of rotatable bonds is 3. The highest BCUT2D eigenvalue weighted by Crippen LogP contribution is 2.13. The molecule has 1 N–H and O–H groups in total. The van der Waals surface area contributed by atoms with Gasteiger partial charge >= 0.3 is 0 Å². The second-order valence-corrected chi connectivity index (χ2v) is 2.36. The third-order valence-corrected chi connectivity index (χ3v) is 1.47. The van der Waals surface area contributed by atoms with Crippen LogP contribution in [-0.2, 0) is 11.3 Å². The predicted molar refractivity (Wildman–Crippen MR) is 39.2 cm³/mol. The topological polar surface area (TPSA) is 29.1 Å². The van der Waals surface area contributed by atoms with Gasteiger partial charge in [0.15, 0.2) is 11.6 Å². The van der Waals surface area contributed by atoms with Crippen LogP contribution in [0.5, 0.6) is 0 Å². The summed E-state index contributed by atoms with van der Waals surface area (Å²) in [5.74, 6) is -3.26. The molecule has 0 heterocycles. The number of halogens is 3. The number of carbonyl (C=O) groups excluding carboxylic acids is 1. The molecule has 13 heavy (non-hydrogen) atoms. The number of hydrogen-bond donors (Lipinski definition) is 1. The van der Waals surface area contributed by atoms with Crippen molar-refractivity contribution >= 4 is 6.41 Å². The highest BCUT2D eigenvalue weighted by atomic mass is 19.2. The van der Waals surface area contributed by atoms with Gasteiger partial charge in [0.2, 0.25) is 6.41 Å². The summed E-state index contributed by atoms with van der Waals surface area (Å²) >= 11 is 0. The maximum atomic E-state index is 12.8. The fraction of sp³-hybridized carbons (Fsp3) is 0.125. The van der Waals surface area contributed by atoms with Crippen LogP contribution in [0.2, 0.25) is 0 Å². The monoisotopic (exact) mass is 189 g/mol. The summed E-state index contributed by atoms with van der Waals surface area (Å²) < 4.78 is 37.7. The lowest BCUT2D eigenvalue weighted by atomic mass is 10.2. The Bertz CT molecular complexity index is 327. The Balaban J connectivity index is 2.94. The number of benzene rings is 1. The lowest BCUT2D eigenvalue weighted by Gasteiger charge is -2.02. The summed E-state index contributed by atoms with van der Waals surface area (Å²) in [7, 11) is 0. The molecule has 0 atom stereocenters. The van der Waals surface area contributed by atoms with Gasteiger partial charge in [0.25, 0.3) is 0 Å². The molecule has 0 bridgehead atoms. The van der Waals surface area contributed by atoms with Gasteiger partial charge in [-0.2, -0.15) is 0 Å². The van der Waals surface area contributed by atoms with Crippen LogP contribution in [0.3, 0.4) is 0 Å². The molecular weight excluding hydrogens is 183 g/mol. The molecule has 1 rings (SSSR count). The summed E-state index contributed by atoms with van der Waals surface area (Å²) in [6.45, 7) is -0.160. The van der Waals surface area contributed by atoms with E-state index in [9.17, 15) is 18.0 Å². The van der Waals surface area contributed by atoms with Gasteiger partial charge in [-0.3, -0.25) is 4.79 Å². The van der Waals surface area contributed by atoms with Crippen molar-refractivity contribution in [2.24, 2.45) is 0 Å². The Morgan fingerprint density at radius 1 is 1.15 bits per heavy atom. The van der Waals surface area contributed by atoms with Crippen LogP contribution in [0.25, 0.3) is 0 Å². The van der Waals surface area contributed by atoms with Crippen molar-refractivity contribution in [3.63, 3.8) is 0 Å². The molecule has 70 valence electrons. The first-order chi connectivity index (χ1) is 6.15. The Morgan fingerprint density at radius 3 is 2.38 bits per heavy atom. The summed E-state index contributed by atoms with van der Waals surface area (Å²) in [4.78, 5) is 9.84. The van der Waals surface area contributed by atoms with E-state index in [1.807, 2.05) is 0 Å². The minimum Gasteiger partial charge on any atom is -0.354 e. The maximum Gasteiger partial charge on any atom is 0.207 e. The van der Waals surface area contributed by atoms with Gasteiger partial charge in [0.1, 0.15) is 5.82 Å². The fourth-order valence-corrected chi connectivity index (χ4v) is 0.851. The molecule has 0 unspecified atom stereocenters. The summed E-state index contributed by atoms with van der Waals surface area (Å²) in [5, 5.41) is 2.14. The quantitative estimate of drug-likeness (QED) is 0.564. The van der Waals surface area contributed by atoms with Gasteiger partial charge in [0, 0.05) is 18.2 Å². The summed E-state index contributed by atoms with van der Waals surface area (Å²) in [6, 6.07) is 1.15. The van der Waals surface area contributed by atoms with Crippen molar-refractivity contribution in [3.05, 3.63) is 35.1 Å². The standard InChI is InChI=1S/C8H6F3NO/c9-6-2-8(11)7(10)1-5(6)3-12-4-13/h1-2,4H,3H2,(H,12,13). The van der Waals surface area contributed by atoms with Crippen LogP contribution in [0.15, 0.2) is 12.1 Å². The zero-order chi connectivity index (χ0) is 9.84. The molecule has 0 saturated heterocycles. The van der Waals surface area contributed by atoms with Gasteiger partial charge in [-0.25, -0.2) is 13.2 Å². The second kappa shape index (κ2) is 3.93. The van der Waals surface area contributed by atoms with E-state index in [4.69, 9.17) is 0 Å². The van der Waals surface area contributed by atoms with Crippen molar-refractivity contribution in [2.75, 3.05) is 0 Å². The molecule has 0 aliphatic carbocycles. The number of nitrogens with one attached hydrogen (secondary N) is 1. The van der Waals surface area contributed by atoms with E-state index in [0.29, 0.717) is 18.5 Å². The number of carbonyl (C=O) groups is 1. The summed E-state index contributed by atoms with van der Waals surface area (Å²) in [5.41, 5.74) is -0.0917. The Hall–Kier alpha value is -1.52. The fourth-order valence-electron chi connectivity index (χ4n) is 0.851. The van der Waals surface area contributed by atoms with Crippen molar-refractivity contribution < 1.29 is 18.0 Å². The lowest BCUT2D eigenvalue weighted by molar-refractivity contribution is -0.109. The Kier molecular flexibility index (Phi) is 2.89. The SMILES string of the molecule is O=CNCc1cc(F)c(F)cc1F. The highest BCUT2D eigenvalue weighted by molar-refractivity contribution is 5.46. The molecule has 0 radical (unpaired) electrons. The molecule has 0 aliphatic heterocycles. The Labute approximate surface area is 72.4 Å².